The summed E-state index contributed by atoms with van der Waals surface area (Å²) in [6.45, 7) is 5.30. The lowest BCUT2D eigenvalue weighted by Gasteiger charge is -2.18. The highest BCUT2D eigenvalue weighted by atomic mass is 127. The van der Waals surface area contributed by atoms with Crippen LogP contribution in [-0.4, -0.2) is 39.2 Å². The first-order chi connectivity index (χ1) is 10.5. The Hall–Kier alpha value is -1.09. The minimum atomic E-state index is -0.0821. The molecule has 0 unspecified atom stereocenters. The molecule has 2 rings (SSSR count). The van der Waals surface area contributed by atoms with Crippen LogP contribution in [0.4, 0.5) is 0 Å². The van der Waals surface area contributed by atoms with Gasteiger partial charge >= 0.3 is 0 Å². The lowest BCUT2D eigenvalue weighted by atomic mass is 10.2. The predicted octanol–water partition coefficient (Wildman–Crippen LogP) is 2.50. The zero-order chi connectivity index (χ0) is 16.3. The molecular weight excluding hydrogens is 413 g/mol. The van der Waals surface area contributed by atoms with Crippen LogP contribution in [0.5, 0.6) is 0 Å². The van der Waals surface area contributed by atoms with Crippen molar-refractivity contribution in [2.24, 2.45) is 7.05 Å². The molecule has 1 amide bonds. The highest BCUT2D eigenvalue weighted by Crippen LogP contribution is 2.19. The van der Waals surface area contributed by atoms with Crippen LogP contribution in [0.2, 0.25) is 0 Å². The fraction of sp³-hybridized carbons (Fsp3) is 0.400. The largest absolute Gasteiger partial charge is 0.343 e. The highest BCUT2D eigenvalue weighted by Gasteiger charge is 2.14. The second-order valence-electron chi connectivity index (χ2n) is 4.77. The number of benzene rings is 1. The van der Waals surface area contributed by atoms with Crippen LogP contribution >= 0.6 is 34.4 Å². The van der Waals surface area contributed by atoms with Gasteiger partial charge in [0, 0.05) is 23.7 Å². The molecule has 5 nitrogen and oxygen atoms in total. The summed E-state index contributed by atoms with van der Waals surface area (Å²) >= 11 is 3.48. The quantitative estimate of drug-likeness (QED) is 0.415. The lowest BCUT2D eigenvalue weighted by Crippen LogP contribution is -2.32. The lowest BCUT2D eigenvalue weighted by molar-refractivity contribution is -0.127. The first-order valence-electron chi connectivity index (χ1n) is 7.04. The second-order valence-corrected chi connectivity index (χ2v) is 6.96. The number of nitrogens with zero attached hydrogens (tertiary/aromatic N) is 3. The maximum absolute atomic E-state index is 12.4. The summed E-state index contributed by atoms with van der Waals surface area (Å²) < 4.78 is 2.51. The van der Waals surface area contributed by atoms with E-state index in [2.05, 4.69) is 27.6 Å². The molecule has 0 spiro atoms. The van der Waals surface area contributed by atoms with E-state index in [-0.39, 0.29) is 17.2 Å². The summed E-state index contributed by atoms with van der Waals surface area (Å²) in [5.41, 5.74) is 0.586. The molecule has 0 N–H and O–H groups in total. The summed E-state index contributed by atoms with van der Waals surface area (Å²) in [4.78, 5) is 30.8. The summed E-state index contributed by atoms with van der Waals surface area (Å²) in [7, 11) is 1.69. The Morgan fingerprint density at radius 2 is 2.05 bits per heavy atom. The van der Waals surface area contributed by atoms with Gasteiger partial charge in [0.05, 0.1) is 16.7 Å². The monoisotopic (exact) mass is 431 g/mol. The molecule has 0 aliphatic rings. The van der Waals surface area contributed by atoms with Crippen molar-refractivity contribution >= 4 is 51.2 Å². The Balaban J connectivity index is 2.29. The van der Waals surface area contributed by atoms with Gasteiger partial charge in [-0.15, -0.1) is 0 Å². The van der Waals surface area contributed by atoms with E-state index in [1.165, 1.54) is 16.3 Å². The average molecular weight is 431 g/mol. The average Bonchev–Trinajstić information content (AvgIpc) is 2.51. The van der Waals surface area contributed by atoms with Gasteiger partial charge in [-0.3, -0.25) is 14.2 Å². The van der Waals surface area contributed by atoms with Crippen molar-refractivity contribution in [3.63, 3.8) is 0 Å². The minimum Gasteiger partial charge on any atom is -0.343 e. The van der Waals surface area contributed by atoms with Gasteiger partial charge in [0.1, 0.15) is 0 Å². The summed E-state index contributed by atoms with van der Waals surface area (Å²) in [6.07, 6.45) is 0. The van der Waals surface area contributed by atoms with Crippen molar-refractivity contribution in [2.75, 3.05) is 18.8 Å². The third-order valence-corrected chi connectivity index (χ3v) is 5.12. The van der Waals surface area contributed by atoms with E-state index in [0.29, 0.717) is 29.1 Å². The van der Waals surface area contributed by atoms with Crippen molar-refractivity contribution in [3.8, 4) is 0 Å². The molecule has 0 radical (unpaired) electrons. The standard InChI is InChI=1S/C15H18IN3O2S/c1-4-19(5-2)13(20)9-22-15-17-12-7-6-10(16)8-11(12)14(21)18(15)3/h6-8H,4-5,9H2,1-3H3. The van der Waals surface area contributed by atoms with E-state index < -0.39 is 0 Å². The molecule has 0 aliphatic carbocycles. The van der Waals surface area contributed by atoms with Crippen LogP contribution in [0.25, 0.3) is 10.9 Å². The van der Waals surface area contributed by atoms with E-state index in [0.717, 1.165) is 3.57 Å². The van der Waals surface area contributed by atoms with Gasteiger partial charge in [-0.2, -0.15) is 0 Å². The number of hydrogen-bond donors (Lipinski definition) is 0. The zero-order valence-electron chi connectivity index (χ0n) is 12.8. The van der Waals surface area contributed by atoms with Crippen molar-refractivity contribution < 1.29 is 4.79 Å². The first kappa shape index (κ1) is 17.3. The van der Waals surface area contributed by atoms with E-state index >= 15 is 0 Å². The molecule has 0 aliphatic heterocycles. The molecule has 0 saturated carbocycles. The maximum Gasteiger partial charge on any atom is 0.261 e. The molecule has 7 heteroatoms. The Bertz CT molecular complexity index is 756. The molecule has 0 atom stereocenters. The Labute approximate surface area is 147 Å². The number of rotatable bonds is 5. The van der Waals surface area contributed by atoms with Gasteiger partial charge in [0.25, 0.3) is 5.56 Å². The molecule has 1 heterocycles. The summed E-state index contributed by atoms with van der Waals surface area (Å²) in [5, 5.41) is 1.17. The van der Waals surface area contributed by atoms with Gasteiger partial charge < -0.3 is 4.90 Å². The van der Waals surface area contributed by atoms with E-state index in [1.54, 1.807) is 11.9 Å². The Kier molecular flexibility index (Phi) is 5.85. The van der Waals surface area contributed by atoms with Crippen molar-refractivity contribution in [2.45, 2.75) is 19.0 Å². The second kappa shape index (κ2) is 7.45. The maximum atomic E-state index is 12.4. The van der Waals surface area contributed by atoms with Crippen LogP contribution in [0.1, 0.15) is 13.8 Å². The number of thioether (sulfide) groups is 1. The number of fused-ring (bicyclic) bond motifs is 1. The van der Waals surface area contributed by atoms with Crippen LogP contribution in [-0.2, 0) is 11.8 Å². The third-order valence-electron chi connectivity index (χ3n) is 3.44. The number of amides is 1. The number of carbonyl (C=O) groups is 1. The topological polar surface area (TPSA) is 55.2 Å². The van der Waals surface area contributed by atoms with Crippen molar-refractivity contribution in [3.05, 3.63) is 32.1 Å². The summed E-state index contributed by atoms with van der Waals surface area (Å²) in [5.74, 6) is 0.352. The Morgan fingerprint density at radius 1 is 1.36 bits per heavy atom. The highest BCUT2D eigenvalue weighted by molar-refractivity contribution is 14.1. The number of carbonyl (C=O) groups excluding carboxylic acids is 1. The predicted molar refractivity (Wildman–Crippen MR) is 98.4 cm³/mol. The Morgan fingerprint density at radius 3 is 2.68 bits per heavy atom. The molecule has 0 saturated heterocycles. The van der Waals surface area contributed by atoms with E-state index in [1.807, 2.05) is 32.0 Å². The fourth-order valence-electron chi connectivity index (χ4n) is 2.15. The van der Waals surface area contributed by atoms with Crippen LogP contribution < -0.4 is 5.56 Å². The van der Waals surface area contributed by atoms with E-state index in [9.17, 15) is 9.59 Å². The zero-order valence-corrected chi connectivity index (χ0v) is 15.8. The minimum absolute atomic E-state index is 0.0620. The molecular formula is C15H18IN3O2S. The normalized spacial score (nSPS) is 10.9. The number of halogens is 1. The van der Waals surface area contributed by atoms with Gasteiger partial charge in [0.15, 0.2) is 5.16 Å². The number of aromatic nitrogens is 2. The first-order valence-corrected chi connectivity index (χ1v) is 9.11. The third kappa shape index (κ3) is 3.62. The molecule has 1 aromatic heterocycles. The van der Waals surface area contributed by atoms with Crippen molar-refractivity contribution in [1.82, 2.24) is 14.5 Å². The van der Waals surface area contributed by atoms with Crippen LogP contribution in [0.3, 0.4) is 0 Å². The van der Waals surface area contributed by atoms with Crippen LogP contribution in [0.15, 0.2) is 28.2 Å². The number of hydrogen-bond acceptors (Lipinski definition) is 4. The molecule has 22 heavy (non-hydrogen) atoms. The molecule has 118 valence electrons. The summed E-state index contributed by atoms with van der Waals surface area (Å²) in [6, 6.07) is 5.60. The van der Waals surface area contributed by atoms with Gasteiger partial charge in [-0.1, -0.05) is 11.8 Å². The smallest absolute Gasteiger partial charge is 0.261 e. The SMILES string of the molecule is CCN(CC)C(=O)CSc1nc2ccc(I)cc2c(=O)n1C. The fourth-order valence-corrected chi connectivity index (χ4v) is 3.51. The van der Waals surface area contributed by atoms with Gasteiger partial charge in [0.2, 0.25) is 5.91 Å². The van der Waals surface area contributed by atoms with Gasteiger partial charge in [-0.05, 0) is 54.6 Å². The van der Waals surface area contributed by atoms with Crippen LogP contribution in [0, 0.1) is 3.57 Å². The molecule has 1 aromatic carbocycles. The molecule has 0 bridgehead atoms. The van der Waals surface area contributed by atoms with E-state index in [4.69, 9.17) is 0 Å². The molecule has 2 aromatic rings. The van der Waals surface area contributed by atoms with Gasteiger partial charge in [-0.25, -0.2) is 4.98 Å². The van der Waals surface area contributed by atoms with Crippen molar-refractivity contribution in [1.29, 1.82) is 0 Å². The molecule has 0 fully saturated rings.